The molecule has 0 radical (unpaired) electrons. The van der Waals surface area contributed by atoms with Crippen molar-refractivity contribution >= 4 is 5.97 Å². The van der Waals surface area contributed by atoms with Gasteiger partial charge in [0.15, 0.2) is 0 Å². The van der Waals surface area contributed by atoms with E-state index in [1.807, 2.05) is 6.92 Å². The van der Waals surface area contributed by atoms with E-state index in [1.165, 1.54) is 19.3 Å². The van der Waals surface area contributed by atoms with Gasteiger partial charge in [0.2, 0.25) is 0 Å². The number of carbonyl (C=O) groups is 1. The third-order valence-electron chi connectivity index (χ3n) is 2.33. The molecular formula is C10H20N2O2. The Hall–Kier alpha value is -0.610. The predicted molar refractivity (Wildman–Crippen MR) is 54.7 cm³/mol. The second kappa shape index (κ2) is 6.79. The largest absolute Gasteiger partial charge is 0.466 e. The number of carbonyl (C=O) groups excluding carboxylic acids is 1. The fraction of sp³-hybridized carbons (Fsp3) is 0.900. The zero-order valence-electron chi connectivity index (χ0n) is 8.92. The summed E-state index contributed by atoms with van der Waals surface area (Å²) in [6.45, 7) is 5.20. The molecule has 4 heteroatoms. The molecule has 1 fully saturated rings. The first-order chi connectivity index (χ1) is 6.83. The third kappa shape index (κ3) is 4.58. The lowest BCUT2D eigenvalue weighted by Gasteiger charge is -2.26. The molecule has 14 heavy (non-hydrogen) atoms. The number of hydrogen-bond acceptors (Lipinski definition) is 4. The van der Waals surface area contributed by atoms with Crippen LogP contribution in [0.5, 0.6) is 0 Å². The minimum Gasteiger partial charge on any atom is -0.466 e. The van der Waals surface area contributed by atoms with Crippen LogP contribution in [0.15, 0.2) is 0 Å². The van der Waals surface area contributed by atoms with E-state index in [-0.39, 0.29) is 5.97 Å². The van der Waals surface area contributed by atoms with Crippen molar-refractivity contribution in [2.75, 3.05) is 26.2 Å². The smallest absolute Gasteiger partial charge is 0.307 e. The predicted octanol–water partition coefficient (Wildman–Crippen LogP) is 0.930. The van der Waals surface area contributed by atoms with Crippen LogP contribution in [0.4, 0.5) is 0 Å². The van der Waals surface area contributed by atoms with E-state index in [4.69, 9.17) is 4.74 Å². The summed E-state index contributed by atoms with van der Waals surface area (Å²) < 4.78 is 4.83. The van der Waals surface area contributed by atoms with Crippen molar-refractivity contribution < 1.29 is 9.53 Å². The van der Waals surface area contributed by atoms with Gasteiger partial charge in [-0.15, -0.1) is 0 Å². The standard InChI is InChI=1S/C10H20N2O2/c1-2-14-10(13)6-7-11-12-8-4-3-5-9-12/h11H,2-9H2,1H3. The van der Waals surface area contributed by atoms with Crippen LogP contribution in [0.25, 0.3) is 0 Å². The molecule has 0 aromatic carbocycles. The summed E-state index contributed by atoms with van der Waals surface area (Å²) in [5.74, 6) is -0.114. The molecule has 0 saturated carbocycles. The first kappa shape index (κ1) is 11.5. The summed E-state index contributed by atoms with van der Waals surface area (Å²) >= 11 is 0. The molecule has 0 aromatic heterocycles. The summed E-state index contributed by atoms with van der Waals surface area (Å²) in [6, 6.07) is 0. The van der Waals surface area contributed by atoms with Crippen molar-refractivity contribution in [1.29, 1.82) is 0 Å². The number of nitrogens with zero attached hydrogens (tertiary/aromatic N) is 1. The van der Waals surface area contributed by atoms with E-state index in [1.54, 1.807) is 0 Å². The Morgan fingerprint density at radius 3 is 2.71 bits per heavy atom. The van der Waals surface area contributed by atoms with Crippen molar-refractivity contribution in [3.63, 3.8) is 0 Å². The summed E-state index contributed by atoms with van der Waals surface area (Å²) in [6.07, 6.45) is 4.30. The number of rotatable bonds is 5. The zero-order valence-corrected chi connectivity index (χ0v) is 8.92. The molecule has 0 bridgehead atoms. The van der Waals surface area contributed by atoms with Gasteiger partial charge in [0.05, 0.1) is 13.0 Å². The van der Waals surface area contributed by atoms with Crippen LogP contribution in [-0.4, -0.2) is 37.2 Å². The number of hydrogen-bond donors (Lipinski definition) is 1. The maximum atomic E-state index is 11.0. The number of ether oxygens (including phenoxy) is 1. The van der Waals surface area contributed by atoms with E-state index in [2.05, 4.69) is 10.4 Å². The van der Waals surface area contributed by atoms with E-state index < -0.39 is 0 Å². The molecule has 1 heterocycles. The Morgan fingerprint density at radius 2 is 2.07 bits per heavy atom. The second-order valence-corrected chi connectivity index (χ2v) is 3.51. The number of hydrazine groups is 1. The van der Waals surface area contributed by atoms with E-state index >= 15 is 0 Å². The van der Waals surface area contributed by atoms with E-state index in [0.717, 1.165) is 13.1 Å². The topological polar surface area (TPSA) is 41.6 Å². The first-order valence-corrected chi connectivity index (χ1v) is 5.47. The molecule has 0 spiro atoms. The molecule has 1 aliphatic rings. The van der Waals surface area contributed by atoms with Crippen LogP contribution >= 0.6 is 0 Å². The quantitative estimate of drug-likeness (QED) is 0.670. The SMILES string of the molecule is CCOC(=O)CCNN1CCCCC1. The van der Waals surface area contributed by atoms with Crippen molar-refractivity contribution in [2.24, 2.45) is 0 Å². The van der Waals surface area contributed by atoms with Crippen molar-refractivity contribution in [3.05, 3.63) is 0 Å². The average molecular weight is 200 g/mol. The van der Waals surface area contributed by atoms with Crippen molar-refractivity contribution in [3.8, 4) is 0 Å². The van der Waals surface area contributed by atoms with E-state index in [9.17, 15) is 4.79 Å². The summed E-state index contributed by atoms with van der Waals surface area (Å²) in [7, 11) is 0. The highest BCUT2D eigenvalue weighted by Crippen LogP contribution is 2.05. The van der Waals surface area contributed by atoms with E-state index in [0.29, 0.717) is 19.6 Å². The van der Waals surface area contributed by atoms with Crippen LogP contribution in [0.3, 0.4) is 0 Å². The fourth-order valence-corrected chi connectivity index (χ4v) is 1.60. The van der Waals surface area contributed by atoms with Gasteiger partial charge in [-0.05, 0) is 19.8 Å². The Labute approximate surface area is 85.6 Å². The molecule has 4 nitrogen and oxygen atoms in total. The molecular weight excluding hydrogens is 180 g/mol. The Balaban J connectivity index is 1.99. The molecule has 0 amide bonds. The zero-order chi connectivity index (χ0) is 10.2. The first-order valence-electron chi connectivity index (χ1n) is 5.47. The Kier molecular flexibility index (Phi) is 5.56. The average Bonchev–Trinajstić information content (AvgIpc) is 2.20. The third-order valence-corrected chi connectivity index (χ3v) is 2.33. The summed E-state index contributed by atoms with van der Waals surface area (Å²) in [4.78, 5) is 11.0. The fourth-order valence-electron chi connectivity index (χ4n) is 1.60. The number of piperidine rings is 1. The van der Waals surface area contributed by atoms with Crippen LogP contribution in [0.2, 0.25) is 0 Å². The lowest BCUT2D eigenvalue weighted by molar-refractivity contribution is -0.143. The highest BCUT2D eigenvalue weighted by molar-refractivity contribution is 5.69. The van der Waals surface area contributed by atoms with Gasteiger partial charge < -0.3 is 4.74 Å². The number of nitrogens with one attached hydrogen (secondary N) is 1. The van der Waals surface area contributed by atoms with Crippen LogP contribution in [-0.2, 0) is 9.53 Å². The van der Waals surface area contributed by atoms with Gasteiger partial charge in [-0.2, -0.15) is 0 Å². The number of esters is 1. The van der Waals surface area contributed by atoms with Gasteiger partial charge in [0.1, 0.15) is 0 Å². The molecule has 1 aliphatic heterocycles. The summed E-state index contributed by atoms with van der Waals surface area (Å²) in [5, 5.41) is 2.20. The minimum atomic E-state index is -0.114. The van der Waals surface area contributed by atoms with Gasteiger partial charge in [0.25, 0.3) is 0 Å². The molecule has 0 aliphatic carbocycles. The highest BCUT2D eigenvalue weighted by atomic mass is 16.5. The van der Waals surface area contributed by atoms with Crippen LogP contribution in [0, 0.1) is 0 Å². The van der Waals surface area contributed by atoms with Crippen molar-refractivity contribution in [1.82, 2.24) is 10.4 Å². The monoisotopic (exact) mass is 200 g/mol. The van der Waals surface area contributed by atoms with Gasteiger partial charge in [-0.1, -0.05) is 6.42 Å². The molecule has 0 unspecified atom stereocenters. The highest BCUT2D eigenvalue weighted by Gasteiger charge is 2.09. The molecule has 82 valence electrons. The van der Waals surface area contributed by atoms with Crippen molar-refractivity contribution in [2.45, 2.75) is 32.6 Å². The van der Waals surface area contributed by atoms with Gasteiger partial charge in [-0.25, -0.2) is 5.01 Å². The minimum absolute atomic E-state index is 0.114. The Bertz CT molecular complexity index is 168. The maximum Gasteiger partial charge on any atom is 0.307 e. The van der Waals surface area contributed by atoms with Gasteiger partial charge in [-0.3, -0.25) is 10.2 Å². The Morgan fingerprint density at radius 1 is 1.36 bits per heavy atom. The maximum absolute atomic E-state index is 11.0. The molecule has 1 N–H and O–H groups in total. The molecule has 1 saturated heterocycles. The molecule has 0 aromatic rings. The van der Waals surface area contributed by atoms with Crippen LogP contribution < -0.4 is 5.43 Å². The van der Waals surface area contributed by atoms with Crippen LogP contribution in [0.1, 0.15) is 32.6 Å². The van der Waals surface area contributed by atoms with Gasteiger partial charge >= 0.3 is 5.97 Å². The lowest BCUT2D eigenvalue weighted by atomic mass is 10.2. The van der Waals surface area contributed by atoms with Gasteiger partial charge in [0, 0.05) is 19.6 Å². The summed E-state index contributed by atoms with van der Waals surface area (Å²) in [5.41, 5.74) is 3.24. The lowest BCUT2D eigenvalue weighted by Crippen LogP contribution is -2.42. The molecule has 0 atom stereocenters. The molecule has 1 rings (SSSR count). The normalized spacial score (nSPS) is 18.1. The second-order valence-electron chi connectivity index (χ2n) is 3.51.